The molecule has 0 spiro atoms. The van der Waals surface area contributed by atoms with Crippen molar-refractivity contribution in [3.8, 4) is 11.1 Å². The molecule has 0 bridgehead atoms. The van der Waals surface area contributed by atoms with E-state index in [9.17, 15) is 0 Å². The molecule has 1 aliphatic heterocycles. The smallest absolute Gasteiger partial charge is 0.0851 e. The lowest BCUT2D eigenvalue weighted by Crippen LogP contribution is -1.99. The van der Waals surface area contributed by atoms with Crippen LogP contribution in [-0.4, -0.2) is 16.6 Å². The van der Waals surface area contributed by atoms with Crippen molar-refractivity contribution in [2.45, 2.75) is 0 Å². The molecule has 0 amide bonds. The van der Waals surface area contributed by atoms with Crippen LogP contribution < -0.4 is 10.6 Å². The molecule has 0 saturated heterocycles. The van der Waals surface area contributed by atoms with Gasteiger partial charge in [-0.1, -0.05) is 24.3 Å². The molecule has 4 aromatic rings. The largest absolute Gasteiger partial charge is 0.366 e. The average molecular weight is 298 g/mol. The van der Waals surface area contributed by atoms with E-state index in [-0.39, 0.29) is 0 Å². The molecular weight excluding hydrogens is 284 g/mol. The Morgan fingerprint density at radius 3 is 2.70 bits per heavy atom. The van der Waals surface area contributed by atoms with Crippen LogP contribution in [0.4, 0.5) is 11.4 Å². The van der Waals surface area contributed by atoms with Crippen molar-refractivity contribution in [3.63, 3.8) is 0 Å². The Bertz CT molecular complexity index is 1060. The SMILES string of the molecule is c1ccc2ncc(-c3ccc4ncc5c(c4c3)NCN5)cc2c1. The van der Waals surface area contributed by atoms with Crippen LogP contribution in [0.25, 0.3) is 32.9 Å². The summed E-state index contributed by atoms with van der Waals surface area (Å²) < 4.78 is 0. The molecule has 4 nitrogen and oxygen atoms in total. The van der Waals surface area contributed by atoms with Crippen LogP contribution in [-0.2, 0) is 0 Å². The molecule has 1 aliphatic rings. The first kappa shape index (κ1) is 12.4. The van der Waals surface area contributed by atoms with Crippen molar-refractivity contribution in [2.75, 3.05) is 17.3 Å². The van der Waals surface area contributed by atoms with Gasteiger partial charge in [0.2, 0.25) is 0 Å². The van der Waals surface area contributed by atoms with Gasteiger partial charge in [0.25, 0.3) is 0 Å². The molecule has 0 aliphatic carbocycles. The second kappa shape index (κ2) is 4.68. The molecule has 2 N–H and O–H groups in total. The molecular formula is C19H14N4. The van der Waals surface area contributed by atoms with Crippen LogP contribution in [0.3, 0.4) is 0 Å². The molecule has 2 aromatic heterocycles. The van der Waals surface area contributed by atoms with Gasteiger partial charge in [-0.25, -0.2) is 0 Å². The predicted octanol–water partition coefficient (Wildman–Crippen LogP) is 4.24. The fourth-order valence-electron chi connectivity index (χ4n) is 3.15. The number of anilines is 2. The number of nitrogens with zero attached hydrogens (tertiary/aromatic N) is 2. The van der Waals surface area contributed by atoms with E-state index < -0.39 is 0 Å². The fourth-order valence-corrected chi connectivity index (χ4v) is 3.15. The van der Waals surface area contributed by atoms with E-state index in [1.807, 2.05) is 30.6 Å². The maximum atomic E-state index is 4.57. The van der Waals surface area contributed by atoms with Gasteiger partial charge in [-0.15, -0.1) is 0 Å². The zero-order valence-electron chi connectivity index (χ0n) is 12.4. The van der Waals surface area contributed by atoms with E-state index in [0.717, 1.165) is 51.0 Å². The summed E-state index contributed by atoms with van der Waals surface area (Å²) in [5.41, 5.74) is 6.48. The van der Waals surface area contributed by atoms with Crippen molar-refractivity contribution in [3.05, 3.63) is 60.9 Å². The van der Waals surface area contributed by atoms with Gasteiger partial charge in [-0.2, -0.15) is 0 Å². The topological polar surface area (TPSA) is 49.8 Å². The first-order valence-electron chi connectivity index (χ1n) is 7.64. The number of fused-ring (bicyclic) bond motifs is 4. The van der Waals surface area contributed by atoms with Gasteiger partial charge in [0.05, 0.1) is 35.3 Å². The first-order valence-corrected chi connectivity index (χ1v) is 7.64. The van der Waals surface area contributed by atoms with Gasteiger partial charge in [0.15, 0.2) is 0 Å². The molecule has 0 atom stereocenters. The minimum atomic E-state index is 0.748. The lowest BCUT2D eigenvalue weighted by molar-refractivity contribution is 1.30. The van der Waals surface area contributed by atoms with Crippen LogP contribution in [0, 0.1) is 0 Å². The molecule has 0 fully saturated rings. The van der Waals surface area contributed by atoms with Crippen LogP contribution in [0.5, 0.6) is 0 Å². The third-order valence-corrected chi connectivity index (χ3v) is 4.34. The summed E-state index contributed by atoms with van der Waals surface area (Å²) in [6.07, 6.45) is 3.82. The number of aromatic nitrogens is 2. The molecule has 4 heteroatoms. The summed E-state index contributed by atoms with van der Waals surface area (Å²) in [6, 6.07) is 16.7. The van der Waals surface area contributed by atoms with Crippen LogP contribution in [0.1, 0.15) is 0 Å². The van der Waals surface area contributed by atoms with Crippen molar-refractivity contribution < 1.29 is 0 Å². The normalized spacial score (nSPS) is 12.9. The minimum Gasteiger partial charge on any atom is -0.366 e. The number of benzene rings is 2. The summed E-state index contributed by atoms with van der Waals surface area (Å²) in [5.74, 6) is 0. The predicted molar refractivity (Wildman–Crippen MR) is 94.6 cm³/mol. The van der Waals surface area contributed by atoms with E-state index in [4.69, 9.17) is 0 Å². The number of hydrogen-bond donors (Lipinski definition) is 2. The van der Waals surface area contributed by atoms with Crippen LogP contribution >= 0.6 is 0 Å². The number of rotatable bonds is 1. The number of hydrogen-bond acceptors (Lipinski definition) is 4. The maximum absolute atomic E-state index is 4.57. The highest BCUT2D eigenvalue weighted by Gasteiger charge is 2.14. The summed E-state index contributed by atoms with van der Waals surface area (Å²) in [7, 11) is 0. The molecule has 110 valence electrons. The zero-order chi connectivity index (χ0) is 15.2. The van der Waals surface area contributed by atoms with Gasteiger partial charge >= 0.3 is 0 Å². The summed E-state index contributed by atoms with van der Waals surface area (Å²) in [6.45, 7) is 0.748. The molecule has 23 heavy (non-hydrogen) atoms. The third kappa shape index (κ3) is 1.92. The Labute approximate surface area is 133 Å². The standard InChI is InChI=1S/C19H14N4/c1-2-4-16-13(3-1)7-14(9-20-16)12-5-6-17-15(8-12)19-18(10-21-17)22-11-23-19/h1-10,22-23H,11H2. The van der Waals surface area contributed by atoms with Gasteiger partial charge in [0, 0.05) is 22.5 Å². The Morgan fingerprint density at radius 2 is 1.70 bits per heavy atom. The van der Waals surface area contributed by atoms with E-state index in [2.05, 4.69) is 50.9 Å². The van der Waals surface area contributed by atoms with Gasteiger partial charge < -0.3 is 10.6 Å². The van der Waals surface area contributed by atoms with E-state index >= 15 is 0 Å². The summed E-state index contributed by atoms with van der Waals surface area (Å²) >= 11 is 0. The second-order valence-corrected chi connectivity index (χ2v) is 5.73. The quantitative estimate of drug-likeness (QED) is 0.552. The van der Waals surface area contributed by atoms with Gasteiger partial charge in [-0.3, -0.25) is 9.97 Å². The zero-order valence-corrected chi connectivity index (χ0v) is 12.4. The lowest BCUT2D eigenvalue weighted by Gasteiger charge is -2.08. The fraction of sp³-hybridized carbons (Fsp3) is 0.0526. The third-order valence-electron chi connectivity index (χ3n) is 4.34. The summed E-state index contributed by atoms with van der Waals surface area (Å²) in [5, 5.41) is 8.97. The molecule has 3 heterocycles. The van der Waals surface area contributed by atoms with E-state index in [1.165, 1.54) is 0 Å². The van der Waals surface area contributed by atoms with Crippen molar-refractivity contribution >= 4 is 33.2 Å². The number of nitrogens with one attached hydrogen (secondary N) is 2. The number of pyridine rings is 2. The number of para-hydroxylation sites is 1. The Kier molecular flexibility index (Phi) is 2.52. The lowest BCUT2D eigenvalue weighted by atomic mass is 10.0. The summed E-state index contributed by atoms with van der Waals surface area (Å²) in [4.78, 5) is 9.09. The van der Waals surface area contributed by atoms with Crippen molar-refractivity contribution in [1.29, 1.82) is 0 Å². The Balaban J connectivity index is 1.72. The van der Waals surface area contributed by atoms with Crippen molar-refractivity contribution in [2.24, 2.45) is 0 Å². The maximum Gasteiger partial charge on any atom is 0.0851 e. The van der Waals surface area contributed by atoms with E-state index in [1.54, 1.807) is 0 Å². The van der Waals surface area contributed by atoms with Gasteiger partial charge in [0.1, 0.15) is 0 Å². The van der Waals surface area contributed by atoms with Crippen LogP contribution in [0.15, 0.2) is 60.9 Å². The molecule has 0 unspecified atom stereocenters. The van der Waals surface area contributed by atoms with Crippen molar-refractivity contribution in [1.82, 2.24) is 9.97 Å². The Hall–Kier alpha value is -3.14. The Morgan fingerprint density at radius 1 is 0.783 bits per heavy atom. The molecule has 5 rings (SSSR count). The molecule has 2 aromatic carbocycles. The first-order chi connectivity index (χ1) is 11.4. The van der Waals surface area contributed by atoms with Gasteiger partial charge in [-0.05, 0) is 29.8 Å². The highest BCUT2D eigenvalue weighted by molar-refractivity contribution is 6.01. The molecule has 0 radical (unpaired) electrons. The monoisotopic (exact) mass is 298 g/mol. The second-order valence-electron chi connectivity index (χ2n) is 5.73. The highest BCUT2D eigenvalue weighted by Crippen LogP contribution is 2.35. The highest BCUT2D eigenvalue weighted by atomic mass is 15.1. The average Bonchev–Trinajstić information content (AvgIpc) is 3.10. The van der Waals surface area contributed by atoms with E-state index in [0.29, 0.717) is 0 Å². The molecule has 0 saturated carbocycles. The minimum absolute atomic E-state index is 0.748. The van der Waals surface area contributed by atoms with Crippen LogP contribution in [0.2, 0.25) is 0 Å².